The van der Waals surface area contributed by atoms with Crippen LogP contribution in [0.4, 0.5) is 4.39 Å². The number of rotatable bonds is 4. The number of hydrogen-bond acceptors (Lipinski definition) is 3. The molecule has 0 spiro atoms. The van der Waals surface area contributed by atoms with Gasteiger partial charge in [0.15, 0.2) is 0 Å². The van der Waals surface area contributed by atoms with E-state index in [4.69, 9.17) is 10.8 Å². The maximum Gasteiger partial charge on any atom is 0.137 e. The van der Waals surface area contributed by atoms with Crippen molar-refractivity contribution in [3.63, 3.8) is 0 Å². The molecule has 1 aromatic rings. The Morgan fingerprint density at radius 2 is 2.29 bits per heavy atom. The number of nitrogens with two attached hydrogens (primary N) is 1. The summed E-state index contributed by atoms with van der Waals surface area (Å²) in [5, 5.41) is 8.60. The second-order valence-electron chi connectivity index (χ2n) is 3.05. The molecule has 14 heavy (non-hydrogen) atoms. The molecular weight excluding hydrogens is 201 g/mol. The summed E-state index contributed by atoms with van der Waals surface area (Å²) >= 11 is 1.30. The lowest BCUT2D eigenvalue weighted by Crippen LogP contribution is -2.05. The zero-order chi connectivity index (χ0) is 10.6. The Hall–Kier alpha value is -0.580. The smallest absolute Gasteiger partial charge is 0.137 e. The maximum absolute atomic E-state index is 13.4. The van der Waals surface area contributed by atoms with E-state index in [-0.39, 0.29) is 18.5 Å². The fraction of sp³-hybridized carbons (Fsp3) is 0.400. The predicted molar refractivity (Wildman–Crippen MR) is 56.8 cm³/mol. The van der Waals surface area contributed by atoms with Crippen molar-refractivity contribution in [2.75, 3.05) is 12.4 Å². The molecule has 0 aromatic heterocycles. The number of aliphatic hydroxyl groups is 1. The fourth-order valence-electron chi connectivity index (χ4n) is 1.07. The predicted octanol–water partition coefficient (Wildman–Crippen LogP) is 1.93. The Kier molecular flexibility index (Phi) is 4.38. The highest BCUT2D eigenvalue weighted by Gasteiger charge is 2.06. The molecule has 1 aromatic carbocycles. The minimum atomic E-state index is -0.266. The molecule has 1 atom stereocenters. The van der Waals surface area contributed by atoms with Gasteiger partial charge in [-0.25, -0.2) is 4.39 Å². The van der Waals surface area contributed by atoms with Crippen molar-refractivity contribution < 1.29 is 9.50 Å². The quantitative estimate of drug-likeness (QED) is 0.754. The molecule has 1 rings (SSSR count). The summed E-state index contributed by atoms with van der Waals surface area (Å²) in [6, 6.07) is 4.81. The van der Waals surface area contributed by atoms with E-state index in [1.807, 2.05) is 13.0 Å². The van der Waals surface area contributed by atoms with E-state index in [0.29, 0.717) is 10.6 Å². The first-order valence-electron chi connectivity index (χ1n) is 4.44. The Balaban J connectivity index is 2.79. The Morgan fingerprint density at radius 1 is 1.57 bits per heavy atom. The van der Waals surface area contributed by atoms with E-state index < -0.39 is 0 Å². The number of hydrogen-bond donors (Lipinski definition) is 2. The Morgan fingerprint density at radius 3 is 2.79 bits per heavy atom. The Labute approximate surface area is 87.3 Å². The van der Waals surface area contributed by atoms with Crippen LogP contribution in [-0.4, -0.2) is 17.5 Å². The van der Waals surface area contributed by atoms with Gasteiger partial charge >= 0.3 is 0 Å². The summed E-state index contributed by atoms with van der Waals surface area (Å²) in [6.45, 7) is 1.87. The number of benzene rings is 1. The minimum Gasteiger partial charge on any atom is -0.396 e. The third-order valence-corrected chi connectivity index (χ3v) is 2.86. The molecule has 0 amide bonds. The van der Waals surface area contributed by atoms with Crippen LogP contribution in [0.5, 0.6) is 0 Å². The Bertz CT molecular complexity index is 304. The van der Waals surface area contributed by atoms with Crippen LogP contribution >= 0.6 is 11.8 Å². The molecule has 0 saturated carbocycles. The van der Waals surface area contributed by atoms with Crippen LogP contribution < -0.4 is 5.73 Å². The number of halogens is 1. The van der Waals surface area contributed by atoms with Crippen molar-refractivity contribution in [2.24, 2.45) is 5.73 Å². The van der Waals surface area contributed by atoms with Gasteiger partial charge in [-0.15, -0.1) is 11.8 Å². The van der Waals surface area contributed by atoms with Crippen molar-refractivity contribution in [3.05, 3.63) is 29.6 Å². The zero-order valence-electron chi connectivity index (χ0n) is 8.03. The van der Waals surface area contributed by atoms with Crippen LogP contribution in [0.3, 0.4) is 0 Å². The van der Waals surface area contributed by atoms with Crippen LogP contribution in [-0.2, 0) is 0 Å². The first kappa shape index (κ1) is 11.5. The number of aliphatic hydroxyl groups excluding tert-OH is 1. The standard InChI is InChI=1S/C10H14FNOS/c1-7(12)8-2-3-10(9(11)6-8)14-5-4-13/h2-3,6-7,13H,4-5,12H2,1H3/t7-/m1/s1. The molecule has 3 N–H and O–H groups in total. The van der Waals surface area contributed by atoms with E-state index in [0.717, 1.165) is 5.56 Å². The topological polar surface area (TPSA) is 46.2 Å². The van der Waals surface area contributed by atoms with Gasteiger partial charge in [0.1, 0.15) is 5.82 Å². The van der Waals surface area contributed by atoms with Crippen LogP contribution in [0.25, 0.3) is 0 Å². The van der Waals surface area contributed by atoms with Crippen LogP contribution in [0.15, 0.2) is 23.1 Å². The first-order valence-corrected chi connectivity index (χ1v) is 5.42. The van der Waals surface area contributed by atoms with Crippen LogP contribution in [0.2, 0.25) is 0 Å². The van der Waals surface area contributed by atoms with Gasteiger partial charge < -0.3 is 10.8 Å². The summed E-state index contributed by atoms with van der Waals surface area (Å²) < 4.78 is 13.4. The van der Waals surface area contributed by atoms with E-state index in [1.165, 1.54) is 17.8 Å². The molecule has 78 valence electrons. The van der Waals surface area contributed by atoms with E-state index in [9.17, 15) is 4.39 Å². The molecule has 0 saturated heterocycles. The molecule has 4 heteroatoms. The monoisotopic (exact) mass is 215 g/mol. The van der Waals surface area contributed by atoms with Crippen molar-refractivity contribution >= 4 is 11.8 Å². The molecule has 0 aliphatic carbocycles. The van der Waals surface area contributed by atoms with Gasteiger partial charge in [-0.1, -0.05) is 6.07 Å². The number of thioether (sulfide) groups is 1. The molecule has 0 bridgehead atoms. The lowest BCUT2D eigenvalue weighted by molar-refractivity contribution is 0.322. The third kappa shape index (κ3) is 2.97. The lowest BCUT2D eigenvalue weighted by atomic mass is 10.1. The third-order valence-electron chi connectivity index (χ3n) is 1.83. The molecule has 0 unspecified atom stereocenters. The second kappa shape index (κ2) is 5.34. The largest absolute Gasteiger partial charge is 0.396 e. The van der Waals surface area contributed by atoms with Crippen LogP contribution in [0, 0.1) is 5.82 Å². The highest BCUT2D eigenvalue weighted by molar-refractivity contribution is 7.99. The average Bonchev–Trinajstić information content (AvgIpc) is 2.15. The summed E-state index contributed by atoms with van der Waals surface area (Å²) in [7, 11) is 0. The summed E-state index contributed by atoms with van der Waals surface area (Å²) in [5.41, 5.74) is 6.41. The molecule has 0 aliphatic rings. The van der Waals surface area contributed by atoms with Gasteiger partial charge in [-0.3, -0.25) is 0 Å². The van der Waals surface area contributed by atoms with Crippen molar-refractivity contribution in [2.45, 2.75) is 17.9 Å². The fourth-order valence-corrected chi connectivity index (χ4v) is 1.75. The van der Waals surface area contributed by atoms with Gasteiger partial charge in [-0.2, -0.15) is 0 Å². The van der Waals surface area contributed by atoms with Gasteiger partial charge in [0.25, 0.3) is 0 Å². The van der Waals surface area contributed by atoms with Crippen molar-refractivity contribution in [1.82, 2.24) is 0 Å². The summed E-state index contributed by atoms with van der Waals surface area (Å²) in [5.74, 6) is 0.243. The zero-order valence-corrected chi connectivity index (χ0v) is 8.85. The molecule has 0 heterocycles. The molecule has 0 fully saturated rings. The highest BCUT2D eigenvalue weighted by Crippen LogP contribution is 2.23. The van der Waals surface area contributed by atoms with Crippen molar-refractivity contribution in [3.8, 4) is 0 Å². The molecule has 2 nitrogen and oxygen atoms in total. The highest BCUT2D eigenvalue weighted by atomic mass is 32.2. The van der Waals surface area contributed by atoms with Crippen molar-refractivity contribution in [1.29, 1.82) is 0 Å². The van der Waals surface area contributed by atoms with Gasteiger partial charge in [-0.05, 0) is 24.6 Å². The normalized spacial score (nSPS) is 12.9. The lowest BCUT2D eigenvalue weighted by Gasteiger charge is -2.07. The summed E-state index contributed by atoms with van der Waals surface area (Å²) in [4.78, 5) is 0.559. The molecule has 0 radical (unpaired) electrons. The van der Waals surface area contributed by atoms with E-state index in [1.54, 1.807) is 6.07 Å². The summed E-state index contributed by atoms with van der Waals surface area (Å²) in [6.07, 6.45) is 0. The van der Waals surface area contributed by atoms with Crippen LogP contribution in [0.1, 0.15) is 18.5 Å². The van der Waals surface area contributed by atoms with E-state index >= 15 is 0 Å². The van der Waals surface area contributed by atoms with Gasteiger partial charge in [0.05, 0.1) is 6.61 Å². The van der Waals surface area contributed by atoms with E-state index in [2.05, 4.69) is 0 Å². The van der Waals surface area contributed by atoms with Gasteiger partial charge in [0, 0.05) is 16.7 Å². The maximum atomic E-state index is 13.4. The average molecular weight is 215 g/mol. The second-order valence-corrected chi connectivity index (χ2v) is 4.19. The SMILES string of the molecule is C[C@@H](N)c1ccc(SCCO)c(F)c1. The minimum absolute atomic E-state index is 0.0547. The van der Waals surface area contributed by atoms with Gasteiger partial charge in [0.2, 0.25) is 0 Å². The first-order chi connectivity index (χ1) is 6.65. The molecule has 0 aliphatic heterocycles. The molecular formula is C10H14FNOS.